The summed E-state index contributed by atoms with van der Waals surface area (Å²) in [6.07, 6.45) is 2.22. The van der Waals surface area contributed by atoms with Crippen LogP contribution in [0.3, 0.4) is 0 Å². The number of amides is 2. The van der Waals surface area contributed by atoms with Crippen LogP contribution in [0.1, 0.15) is 32.6 Å². The first-order chi connectivity index (χ1) is 8.97. The highest BCUT2D eigenvalue weighted by molar-refractivity contribution is 5.86. The number of hydrogen-bond acceptors (Lipinski definition) is 3. The number of hydrogen-bond donors (Lipinski definition) is 3. The fourth-order valence-electron chi connectivity index (χ4n) is 3.02. The van der Waals surface area contributed by atoms with Crippen molar-refractivity contribution < 1.29 is 19.5 Å². The average Bonchev–Trinajstić information content (AvgIpc) is 2.74. The van der Waals surface area contributed by atoms with Gasteiger partial charge in [-0.1, -0.05) is 6.92 Å². The quantitative estimate of drug-likeness (QED) is 0.678. The standard InChI is InChI=1S/C13H20N2O4/c1-7-4-9(10(5-7)13(18)19)12(17)15-8-2-3-11(16)14-6-8/h7-10H,2-6H2,1H3,(H,14,16)(H,15,17)(H,18,19). The van der Waals surface area contributed by atoms with E-state index >= 15 is 0 Å². The first-order valence-corrected chi connectivity index (χ1v) is 6.77. The van der Waals surface area contributed by atoms with Crippen LogP contribution < -0.4 is 10.6 Å². The average molecular weight is 268 g/mol. The Labute approximate surface area is 111 Å². The molecule has 1 saturated heterocycles. The number of carboxylic acids is 1. The van der Waals surface area contributed by atoms with Gasteiger partial charge in [-0.2, -0.15) is 0 Å². The van der Waals surface area contributed by atoms with Crippen LogP contribution in [0.15, 0.2) is 0 Å². The van der Waals surface area contributed by atoms with Crippen LogP contribution in [-0.2, 0) is 14.4 Å². The van der Waals surface area contributed by atoms with Crippen molar-refractivity contribution in [1.82, 2.24) is 10.6 Å². The zero-order valence-corrected chi connectivity index (χ0v) is 11.0. The van der Waals surface area contributed by atoms with E-state index in [1.54, 1.807) is 0 Å². The van der Waals surface area contributed by atoms with Crippen LogP contribution >= 0.6 is 0 Å². The summed E-state index contributed by atoms with van der Waals surface area (Å²) in [6, 6.07) is -0.0736. The Balaban J connectivity index is 1.91. The summed E-state index contributed by atoms with van der Waals surface area (Å²) in [5.74, 6) is -1.82. The molecule has 0 aromatic carbocycles. The van der Waals surface area contributed by atoms with Crippen molar-refractivity contribution >= 4 is 17.8 Å². The molecule has 106 valence electrons. The molecular weight excluding hydrogens is 248 g/mol. The molecule has 2 fully saturated rings. The minimum absolute atomic E-state index is 0.00315. The van der Waals surface area contributed by atoms with Crippen molar-refractivity contribution in [2.24, 2.45) is 17.8 Å². The second-order valence-corrected chi connectivity index (χ2v) is 5.68. The minimum atomic E-state index is -0.888. The largest absolute Gasteiger partial charge is 0.481 e. The van der Waals surface area contributed by atoms with Gasteiger partial charge in [0.25, 0.3) is 0 Å². The van der Waals surface area contributed by atoms with E-state index < -0.39 is 17.8 Å². The molecule has 1 heterocycles. The van der Waals surface area contributed by atoms with E-state index in [-0.39, 0.29) is 23.8 Å². The Morgan fingerprint density at radius 3 is 2.58 bits per heavy atom. The maximum Gasteiger partial charge on any atom is 0.307 e. The van der Waals surface area contributed by atoms with E-state index in [1.807, 2.05) is 6.92 Å². The van der Waals surface area contributed by atoms with Crippen LogP contribution in [0.2, 0.25) is 0 Å². The molecule has 0 spiro atoms. The van der Waals surface area contributed by atoms with Crippen molar-refractivity contribution in [3.8, 4) is 0 Å². The predicted octanol–water partition coefficient (Wildman–Crippen LogP) is 0.128. The number of nitrogens with one attached hydrogen (secondary N) is 2. The van der Waals surface area contributed by atoms with Crippen molar-refractivity contribution in [2.45, 2.75) is 38.6 Å². The van der Waals surface area contributed by atoms with Gasteiger partial charge in [0.15, 0.2) is 0 Å². The lowest BCUT2D eigenvalue weighted by Crippen LogP contribution is -2.50. The minimum Gasteiger partial charge on any atom is -0.481 e. The predicted molar refractivity (Wildman–Crippen MR) is 67.2 cm³/mol. The van der Waals surface area contributed by atoms with Crippen molar-refractivity contribution in [3.05, 3.63) is 0 Å². The zero-order chi connectivity index (χ0) is 14.0. The third kappa shape index (κ3) is 3.24. The number of piperidine rings is 1. The van der Waals surface area contributed by atoms with Crippen molar-refractivity contribution in [1.29, 1.82) is 0 Å². The molecule has 0 radical (unpaired) electrons. The molecule has 19 heavy (non-hydrogen) atoms. The van der Waals surface area contributed by atoms with Gasteiger partial charge in [-0.05, 0) is 25.2 Å². The summed E-state index contributed by atoms with van der Waals surface area (Å²) in [6.45, 7) is 2.41. The summed E-state index contributed by atoms with van der Waals surface area (Å²) in [4.78, 5) is 34.4. The molecule has 2 rings (SSSR count). The summed E-state index contributed by atoms with van der Waals surface area (Å²) in [7, 11) is 0. The zero-order valence-electron chi connectivity index (χ0n) is 11.0. The van der Waals surface area contributed by atoms with E-state index in [2.05, 4.69) is 10.6 Å². The van der Waals surface area contributed by atoms with E-state index in [4.69, 9.17) is 5.11 Å². The topological polar surface area (TPSA) is 95.5 Å². The number of carbonyl (C=O) groups excluding carboxylic acids is 2. The summed E-state index contributed by atoms with van der Waals surface area (Å²) >= 11 is 0. The Morgan fingerprint density at radius 2 is 2.00 bits per heavy atom. The van der Waals surface area contributed by atoms with E-state index in [1.165, 1.54) is 0 Å². The number of rotatable bonds is 3. The van der Waals surface area contributed by atoms with Gasteiger partial charge in [0.1, 0.15) is 0 Å². The first-order valence-electron chi connectivity index (χ1n) is 6.77. The maximum absolute atomic E-state index is 12.2. The smallest absolute Gasteiger partial charge is 0.307 e. The van der Waals surface area contributed by atoms with Gasteiger partial charge >= 0.3 is 5.97 Å². The molecule has 0 bridgehead atoms. The Kier molecular flexibility index (Phi) is 4.07. The molecule has 1 aliphatic carbocycles. The lowest BCUT2D eigenvalue weighted by atomic mass is 9.94. The number of aliphatic carboxylic acids is 1. The van der Waals surface area contributed by atoms with Crippen molar-refractivity contribution in [3.63, 3.8) is 0 Å². The molecule has 4 unspecified atom stereocenters. The molecular formula is C13H20N2O4. The Morgan fingerprint density at radius 1 is 1.32 bits per heavy atom. The van der Waals surface area contributed by atoms with Gasteiger partial charge in [0.2, 0.25) is 11.8 Å². The molecule has 1 aliphatic heterocycles. The molecule has 6 heteroatoms. The van der Waals surface area contributed by atoms with E-state index in [9.17, 15) is 14.4 Å². The second-order valence-electron chi connectivity index (χ2n) is 5.68. The number of carbonyl (C=O) groups is 3. The molecule has 3 N–H and O–H groups in total. The third-order valence-corrected chi connectivity index (χ3v) is 4.06. The van der Waals surface area contributed by atoms with Crippen LogP contribution in [0.4, 0.5) is 0 Å². The Hall–Kier alpha value is -1.59. The summed E-state index contributed by atoms with van der Waals surface area (Å²) < 4.78 is 0. The molecule has 2 amide bonds. The first kappa shape index (κ1) is 13.8. The Bertz CT molecular complexity index is 386. The molecule has 0 aromatic heterocycles. The highest BCUT2D eigenvalue weighted by Crippen LogP contribution is 2.36. The van der Waals surface area contributed by atoms with Gasteiger partial charge in [0, 0.05) is 19.0 Å². The van der Waals surface area contributed by atoms with E-state index in [0.717, 1.165) is 0 Å². The monoisotopic (exact) mass is 268 g/mol. The van der Waals surface area contributed by atoms with Crippen molar-refractivity contribution in [2.75, 3.05) is 6.54 Å². The van der Waals surface area contributed by atoms with Gasteiger partial charge in [-0.15, -0.1) is 0 Å². The van der Waals surface area contributed by atoms with Crippen LogP contribution in [0, 0.1) is 17.8 Å². The van der Waals surface area contributed by atoms with Gasteiger partial charge in [0.05, 0.1) is 11.8 Å². The van der Waals surface area contributed by atoms with Crippen LogP contribution in [0.5, 0.6) is 0 Å². The SMILES string of the molecule is CC1CC(C(=O)O)C(C(=O)NC2CCC(=O)NC2)C1. The third-order valence-electron chi connectivity index (χ3n) is 4.06. The van der Waals surface area contributed by atoms with Crippen LogP contribution in [0.25, 0.3) is 0 Å². The summed E-state index contributed by atoms with van der Waals surface area (Å²) in [5, 5.41) is 14.7. The number of carboxylic acid groups (broad SMARTS) is 1. The fourth-order valence-corrected chi connectivity index (χ4v) is 3.02. The normalized spacial score (nSPS) is 34.7. The lowest BCUT2D eigenvalue weighted by Gasteiger charge is -2.25. The molecule has 4 atom stereocenters. The lowest BCUT2D eigenvalue weighted by molar-refractivity contribution is -0.146. The molecule has 1 saturated carbocycles. The molecule has 0 aromatic rings. The highest BCUT2D eigenvalue weighted by atomic mass is 16.4. The van der Waals surface area contributed by atoms with Gasteiger partial charge in [-0.3, -0.25) is 14.4 Å². The molecule has 6 nitrogen and oxygen atoms in total. The highest BCUT2D eigenvalue weighted by Gasteiger charge is 2.41. The van der Waals surface area contributed by atoms with Gasteiger partial charge < -0.3 is 15.7 Å². The van der Waals surface area contributed by atoms with E-state index in [0.29, 0.717) is 32.2 Å². The summed E-state index contributed by atoms with van der Waals surface area (Å²) in [5.41, 5.74) is 0. The maximum atomic E-state index is 12.2. The van der Waals surface area contributed by atoms with Crippen LogP contribution in [-0.4, -0.2) is 35.5 Å². The molecule has 2 aliphatic rings. The fraction of sp³-hybridized carbons (Fsp3) is 0.769. The van der Waals surface area contributed by atoms with Gasteiger partial charge in [-0.25, -0.2) is 0 Å². The second kappa shape index (κ2) is 5.59.